The van der Waals surface area contributed by atoms with Crippen LogP contribution >= 0.6 is 11.6 Å². The van der Waals surface area contributed by atoms with Gasteiger partial charge in [0.05, 0.1) is 24.8 Å². The van der Waals surface area contributed by atoms with Gasteiger partial charge in [-0.05, 0) is 30.2 Å². The van der Waals surface area contributed by atoms with Gasteiger partial charge in [-0.25, -0.2) is 9.97 Å². The van der Waals surface area contributed by atoms with E-state index < -0.39 is 5.91 Å². The molecule has 3 N–H and O–H groups in total. The molecular weight excluding hydrogens is 392 g/mol. The van der Waals surface area contributed by atoms with Gasteiger partial charge in [0.15, 0.2) is 0 Å². The first-order chi connectivity index (χ1) is 14.0. The minimum absolute atomic E-state index is 0.0571. The van der Waals surface area contributed by atoms with E-state index in [1.165, 1.54) is 0 Å². The first-order valence-electron chi connectivity index (χ1n) is 9.13. The molecule has 0 spiro atoms. The topological polar surface area (TPSA) is 99.4 Å². The van der Waals surface area contributed by atoms with Crippen LogP contribution in [0.3, 0.4) is 0 Å². The van der Waals surface area contributed by atoms with Gasteiger partial charge in [0.25, 0.3) is 5.91 Å². The Hall–Kier alpha value is -3.06. The SMILES string of the molecule is CCCc1c(OC)[c]cc2c(NCc3ccc(OC)c(Cl)c3)nc(C(N)=O)nc12. The highest BCUT2D eigenvalue weighted by molar-refractivity contribution is 6.32. The number of hydrogen-bond donors (Lipinski definition) is 2. The lowest BCUT2D eigenvalue weighted by Gasteiger charge is -2.15. The van der Waals surface area contributed by atoms with Gasteiger partial charge in [-0.3, -0.25) is 4.79 Å². The third-order valence-electron chi connectivity index (χ3n) is 4.45. The fourth-order valence-electron chi connectivity index (χ4n) is 3.08. The van der Waals surface area contributed by atoms with Crippen LogP contribution in [0.5, 0.6) is 11.5 Å². The largest absolute Gasteiger partial charge is 0.496 e. The summed E-state index contributed by atoms with van der Waals surface area (Å²) in [6, 6.07) is 10.4. The molecule has 0 unspecified atom stereocenters. The molecule has 1 amide bonds. The van der Waals surface area contributed by atoms with Gasteiger partial charge < -0.3 is 20.5 Å². The Morgan fingerprint density at radius 1 is 1.28 bits per heavy atom. The summed E-state index contributed by atoms with van der Waals surface area (Å²) < 4.78 is 10.6. The number of halogens is 1. The average molecular weight is 414 g/mol. The van der Waals surface area contributed by atoms with Crippen LogP contribution in [-0.2, 0) is 13.0 Å². The number of methoxy groups -OCH3 is 2. The molecular formula is C21H22ClN4O3. The Bertz CT molecular complexity index is 1060. The highest BCUT2D eigenvalue weighted by atomic mass is 35.5. The van der Waals surface area contributed by atoms with Crippen LogP contribution in [-0.4, -0.2) is 30.1 Å². The van der Waals surface area contributed by atoms with E-state index in [2.05, 4.69) is 28.3 Å². The maximum absolute atomic E-state index is 11.8. The average Bonchev–Trinajstić information content (AvgIpc) is 2.72. The molecule has 7 nitrogen and oxygen atoms in total. The number of nitrogens with two attached hydrogens (primary N) is 1. The molecule has 0 aliphatic heterocycles. The van der Waals surface area contributed by atoms with E-state index in [-0.39, 0.29) is 5.82 Å². The Balaban J connectivity index is 2.05. The van der Waals surface area contributed by atoms with E-state index in [0.29, 0.717) is 34.4 Å². The van der Waals surface area contributed by atoms with E-state index in [1.807, 2.05) is 12.1 Å². The van der Waals surface area contributed by atoms with Crippen molar-refractivity contribution in [3.8, 4) is 11.5 Å². The van der Waals surface area contributed by atoms with Crippen molar-refractivity contribution >= 4 is 34.2 Å². The maximum atomic E-state index is 11.8. The Labute approximate surface area is 174 Å². The molecule has 0 saturated heterocycles. The number of amides is 1. The molecule has 151 valence electrons. The van der Waals surface area contributed by atoms with Crippen LogP contribution in [0.4, 0.5) is 5.82 Å². The number of aryl methyl sites for hydroxylation is 1. The number of anilines is 1. The summed E-state index contributed by atoms with van der Waals surface area (Å²) in [5.74, 6) is 0.938. The van der Waals surface area contributed by atoms with E-state index >= 15 is 0 Å². The predicted molar refractivity (Wildman–Crippen MR) is 113 cm³/mol. The number of nitrogens with zero attached hydrogens (tertiary/aromatic N) is 2. The minimum atomic E-state index is -0.698. The summed E-state index contributed by atoms with van der Waals surface area (Å²) in [7, 11) is 3.15. The van der Waals surface area contributed by atoms with Gasteiger partial charge in [-0.15, -0.1) is 0 Å². The molecule has 0 aliphatic carbocycles. The number of carbonyl (C=O) groups is 1. The number of hydrogen-bond acceptors (Lipinski definition) is 6. The molecule has 8 heteroatoms. The third-order valence-corrected chi connectivity index (χ3v) is 4.75. The summed E-state index contributed by atoms with van der Waals surface area (Å²) in [5.41, 5.74) is 7.89. The first-order valence-corrected chi connectivity index (χ1v) is 9.51. The molecule has 0 bridgehead atoms. The first kappa shape index (κ1) is 20.7. The van der Waals surface area contributed by atoms with Crippen molar-refractivity contribution in [3.63, 3.8) is 0 Å². The normalized spacial score (nSPS) is 10.8. The monoisotopic (exact) mass is 413 g/mol. The molecule has 0 atom stereocenters. The maximum Gasteiger partial charge on any atom is 0.286 e. The van der Waals surface area contributed by atoms with Crippen molar-refractivity contribution in [2.45, 2.75) is 26.3 Å². The Kier molecular flexibility index (Phi) is 6.39. The van der Waals surface area contributed by atoms with E-state index in [4.69, 9.17) is 26.8 Å². The molecule has 1 aromatic heterocycles. The van der Waals surface area contributed by atoms with Crippen LogP contribution in [0, 0.1) is 6.07 Å². The van der Waals surface area contributed by atoms with Gasteiger partial charge in [-0.2, -0.15) is 0 Å². The van der Waals surface area contributed by atoms with Crippen LogP contribution in [0.1, 0.15) is 35.1 Å². The number of benzene rings is 2. The Morgan fingerprint density at radius 3 is 2.69 bits per heavy atom. The summed E-state index contributed by atoms with van der Waals surface area (Å²) >= 11 is 6.20. The number of aromatic nitrogens is 2. The Morgan fingerprint density at radius 2 is 2.07 bits per heavy atom. The summed E-state index contributed by atoms with van der Waals surface area (Å²) in [5, 5.41) is 4.50. The molecule has 3 aromatic rings. The van der Waals surface area contributed by atoms with Crippen molar-refractivity contribution in [2.24, 2.45) is 5.73 Å². The van der Waals surface area contributed by atoms with E-state index in [9.17, 15) is 4.79 Å². The smallest absolute Gasteiger partial charge is 0.286 e. The molecule has 1 radical (unpaired) electrons. The summed E-state index contributed by atoms with van der Waals surface area (Å²) in [6.07, 6.45) is 1.60. The predicted octanol–water partition coefficient (Wildman–Crippen LogP) is 3.76. The number of rotatable bonds is 8. The van der Waals surface area contributed by atoms with Gasteiger partial charge in [0.2, 0.25) is 5.82 Å². The van der Waals surface area contributed by atoms with Crippen molar-refractivity contribution < 1.29 is 14.3 Å². The van der Waals surface area contributed by atoms with E-state index in [0.717, 1.165) is 29.4 Å². The second kappa shape index (κ2) is 8.96. The number of ether oxygens (including phenoxy) is 2. The highest BCUT2D eigenvalue weighted by Gasteiger charge is 2.17. The summed E-state index contributed by atoms with van der Waals surface area (Å²) in [6.45, 7) is 2.49. The van der Waals surface area contributed by atoms with Crippen LogP contribution < -0.4 is 20.5 Å². The lowest BCUT2D eigenvalue weighted by atomic mass is 10.0. The van der Waals surface area contributed by atoms with Gasteiger partial charge in [0.1, 0.15) is 17.3 Å². The van der Waals surface area contributed by atoms with Crippen LogP contribution in [0.25, 0.3) is 10.9 Å². The molecule has 3 rings (SSSR count). The fraction of sp³-hybridized carbons (Fsp3) is 0.286. The van der Waals surface area contributed by atoms with Crippen molar-refractivity contribution in [2.75, 3.05) is 19.5 Å². The molecule has 2 aromatic carbocycles. The van der Waals surface area contributed by atoms with Gasteiger partial charge >= 0.3 is 0 Å². The standard InChI is InChI=1S/C21H22ClN4O3/c1-4-5-13-16(28-2)9-7-14-18(13)25-21(19(23)27)26-20(14)24-11-12-6-8-17(29-3)15(22)10-12/h6-8,10H,4-5,11H2,1-3H3,(H2,23,27)(H,24,25,26). The zero-order valence-electron chi connectivity index (χ0n) is 16.5. The van der Waals surface area contributed by atoms with Crippen molar-refractivity contribution in [1.82, 2.24) is 9.97 Å². The number of nitrogens with one attached hydrogen (secondary N) is 1. The number of fused-ring (bicyclic) bond motifs is 1. The van der Waals surface area contributed by atoms with Crippen LogP contribution in [0.15, 0.2) is 24.3 Å². The quantitative estimate of drug-likeness (QED) is 0.583. The highest BCUT2D eigenvalue weighted by Crippen LogP contribution is 2.31. The third kappa shape index (κ3) is 4.35. The zero-order valence-corrected chi connectivity index (χ0v) is 17.3. The van der Waals surface area contributed by atoms with Gasteiger partial charge in [0, 0.05) is 23.6 Å². The van der Waals surface area contributed by atoms with Crippen molar-refractivity contribution in [1.29, 1.82) is 0 Å². The second-order valence-electron chi connectivity index (χ2n) is 6.40. The number of carbonyl (C=O) groups excluding carboxylic acids is 1. The van der Waals surface area contributed by atoms with Crippen molar-refractivity contribution in [3.05, 3.63) is 52.3 Å². The summed E-state index contributed by atoms with van der Waals surface area (Å²) in [4.78, 5) is 20.5. The van der Waals surface area contributed by atoms with E-state index in [1.54, 1.807) is 26.4 Å². The zero-order chi connectivity index (χ0) is 21.0. The molecule has 0 aliphatic rings. The molecule has 1 heterocycles. The van der Waals surface area contributed by atoms with Gasteiger partial charge in [-0.1, -0.05) is 31.0 Å². The minimum Gasteiger partial charge on any atom is -0.496 e. The fourth-order valence-corrected chi connectivity index (χ4v) is 3.36. The lowest BCUT2D eigenvalue weighted by Crippen LogP contribution is -2.17. The lowest BCUT2D eigenvalue weighted by molar-refractivity contribution is 0.0991. The molecule has 29 heavy (non-hydrogen) atoms. The second-order valence-corrected chi connectivity index (χ2v) is 6.80. The molecule has 0 fully saturated rings. The molecule has 0 saturated carbocycles. The number of primary amides is 1. The van der Waals surface area contributed by atoms with Crippen LogP contribution in [0.2, 0.25) is 5.02 Å².